The van der Waals surface area contributed by atoms with Gasteiger partial charge in [0.1, 0.15) is 12.4 Å². The number of benzene rings is 1. The third kappa shape index (κ3) is 3.73. The van der Waals surface area contributed by atoms with E-state index in [1.165, 1.54) is 12.1 Å². The Morgan fingerprint density at radius 1 is 1.14 bits per heavy atom. The lowest BCUT2D eigenvalue weighted by atomic mass is 10.1. The number of rotatable bonds is 4. The first-order valence-corrected chi connectivity index (χ1v) is 7.43. The fourth-order valence-electron chi connectivity index (χ4n) is 2.64. The van der Waals surface area contributed by atoms with Crippen LogP contribution in [0.1, 0.15) is 18.4 Å². The Kier molecular flexibility index (Phi) is 4.36. The van der Waals surface area contributed by atoms with Crippen LogP contribution in [-0.2, 0) is 6.61 Å². The van der Waals surface area contributed by atoms with Gasteiger partial charge in [-0.2, -0.15) is 0 Å². The van der Waals surface area contributed by atoms with Gasteiger partial charge in [-0.15, -0.1) is 0 Å². The lowest BCUT2D eigenvalue weighted by molar-refractivity contribution is 0.306. The Morgan fingerprint density at radius 3 is 2.62 bits per heavy atom. The van der Waals surface area contributed by atoms with E-state index in [9.17, 15) is 0 Å². The van der Waals surface area contributed by atoms with E-state index in [-0.39, 0.29) is 0 Å². The zero-order valence-electron chi connectivity index (χ0n) is 12.1. The lowest BCUT2D eigenvalue weighted by Crippen LogP contribution is -2.42. The maximum atomic E-state index is 6.03. The Hall–Kier alpha value is -2.07. The number of anilines is 1. The van der Waals surface area contributed by atoms with Crippen molar-refractivity contribution in [2.75, 3.05) is 18.0 Å². The molecule has 1 aliphatic rings. The van der Waals surface area contributed by atoms with Crippen LogP contribution < -0.4 is 15.4 Å². The van der Waals surface area contributed by atoms with Gasteiger partial charge in [0.15, 0.2) is 0 Å². The molecule has 1 saturated heterocycles. The summed E-state index contributed by atoms with van der Waals surface area (Å²) in [5.41, 5.74) is 8.38. The van der Waals surface area contributed by atoms with Gasteiger partial charge in [0.2, 0.25) is 0 Å². The van der Waals surface area contributed by atoms with E-state index in [4.69, 9.17) is 10.5 Å². The van der Waals surface area contributed by atoms with Crippen molar-refractivity contribution in [3.8, 4) is 5.75 Å². The third-order valence-electron chi connectivity index (χ3n) is 3.81. The van der Waals surface area contributed by atoms with E-state index in [2.05, 4.69) is 22.0 Å². The maximum Gasteiger partial charge on any atom is 0.119 e. The lowest BCUT2D eigenvalue weighted by Gasteiger charge is -2.32. The van der Waals surface area contributed by atoms with Gasteiger partial charge in [-0.25, -0.2) is 0 Å². The molecule has 1 aromatic carbocycles. The summed E-state index contributed by atoms with van der Waals surface area (Å²) >= 11 is 0. The van der Waals surface area contributed by atoms with Crippen LogP contribution in [0, 0.1) is 0 Å². The first-order chi connectivity index (χ1) is 10.3. The smallest absolute Gasteiger partial charge is 0.119 e. The molecule has 1 atom stereocenters. The molecule has 0 bridgehead atoms. The average Bonchev–Trinajstić information content (AvgIpc) is 2.54. The Bertz CT molecular complexity index is 556. The molecule has 110 valence electrons. The largest absolute Gasteiger partial charge is 0.489 e. The van der Waals surface area contributed by atoms with Gasteiger partial charge in [0.25, 0.3) is 0 Å². The van der Waals surface area contributed by atoms with E-state index in [1.807, 2.05) is 24.3 Å². The minimum atomic E-state index is 0.293. The molecule has 21 heavy (non-hydrogen) atoms. The Labute approximate surface area is 125 Å². The summed E-state index contributed by atoms with van der Waals surface area (Å²) < 4.78 is 5.78. The third-order valence-corrected chi connectivity index (χ3v) is 3.81. The van der Waals surface area contributed by atoms with Gasteiger partial charge in [-0.05, 0) is 54.8 Å². The average molecular weight is 283 g/mol. The van der Waals surface area contributed by atoms with Crippen LogP contribution in [0.5, 0.6) is 5.75 Å². The molecule has 2 heterocycles. The Balaban J connectivity index is 1.59. The second kappa shape index (κ2) is 6.59. The van der Waals surface area contributed by atoms with Gasteiger partial charge in [0.05, 0.1) is 0 Å². The summed E-state index contributed by atoms with van der Waals surface area (Å²) in [4.78, 5) is 6.35. The molecule has 3 rings (SSSR count). The van der Waals surface area contributed by atoms with Gasteiger partial charge >= 0.3 is 0 Å². The Morgan fingerprint density at radius 2 is 1.90 bits per heavy atom. The number of hydrogen-bond donors (Lipinski definition) is 1. The summed E-state index contributed by atoms with van der Waals surface area (Å²) in [6.07, 6.45) is 5.86. The van der Waals surface area contributed by atoms with Crippen molar-refractivity contribution >= 4 is 5.69 Å². The second-order valence-electron chi connectivity index (χ2n) is 5.49. The van der Waals surface area contributed by atoms with Crippen molar-refractivity contribution in [3.05, 3.63) is 54.4 Å². The molecule has 0 radical (unpaired) electrons. The van der Waals surface area contributed by atoms with Crippen molar-refractivity contribution < 1.29 is 4.74 Å². The predicted molar refractivity (Wildman–Crippen MR) is 84.4 cm³/mol. The molecule has 2 aromatic rings. The summed E-state index contributed by atoms with van der Waals surface area (Å²) in [6, 6.07) is 12.5. The SMILES string of the molecule is NC1CCCN(c2ccc(OCc3ccncc3)cc2)C1. The van der Waals surface area contributed by atoms with E-state index in [1.54, 1.807) is 12.4 Å². The standard InChI is InChI=1S/C17H21N3O/c18-15-2-1-11-20(12-15)16-3-5-17(6-4-16)21-13-14-7-9-19-10-8-14/h3-10,15H,1-2,11-13,18H2. The number of ether oxygens (including phenoxy) is 1. The summed E-state index contributed by atoms with van der Waals surface area (Å²) in [6.45, 7) is 2.60. The highest BCUT2D eigenvalue weighted by atomic mass is 16.5. The quantitative estimate of drug-likeness (QED) is 0.937. The minimum absolute atomic E-state index is 0.293. The number of hydrogen-bond acceptors (Lipinski definition) is 4. The van der Waals surface area contributed by atoms with Crippen LogP contribution in [0.15, 0.2) is 48.8 Å². The van der Waals surface area contributed by atoms with E-state index < -0.39 is 0 Å². The van der Waals surface area contributed by atoms with Crippen LogP contribution in [-0.4, -0.2) is 24.1 Å². The molecular formula is C17H21N3O. The van der Waals surface area contributed by atoms with Gasteiger partial charge in [-0.3, -0.25) is 4.98 Å². The number of nitrogens with two attached hydrogens (primary N) is 1. The first-order valence-electron chi connectivity index (χ1n) is 7.43. The first kappa shape index (κ1) is 13.9. The zero-order valence-corrected chi connectivity index (χ0v) is 12.1. The van der Waals surface area contributed by atoms with Crippen molar-refractivity contribution in [2.24, 2.45) is 5.73 Å². The molecule has 0 aliphatic carbocycles. The van der Waals surface area contributed by atoms with Crippen LogP contribution in [0.2, 0.25) is 0 Å². The van der Waals surface area contributed by atoms with E-state index >= 15 is 0 Å². The highest BCUT2D eigenvalue weighted by Crippen LogP contribution is 2.23. The van der Waals surface area contributed by atoms with Crippen molar-refractivity contribution in [1.29, 1.82) is 0 Å². The van der Waals surface area contributed by atoms with Gasteiger partial charge in [0, 0.05) is 37.2 Å². The number of aromatic nitrogens is 1. The maximum absolute atomic E-state index is 6.03. The number of piperidine rings is 1. The molecular weight excluding hydrogens is 262 g/mol. The molecule has 0 spiro atoms. The normalized spacial score (nSPS) is 18.5. The summed E-state index contributed by atoms with van der Waals surface area (Å²) in [7, 11) is 0. The highest BCUT2D eigenvalue weighted by Gasteiger charge is 2.16. The molecule has 4 nitrogen and oxygen atoms in total. The van der Waals surface area contributed by atoms with E-state index in [0.717, 1.165) is 30.8 Å². The molecule has 2 N–H and O–H groups in total. The fraction of sp³-hybridized carbons (Fsp3) is 0.353. The minimum Gasteiger partial charge on any atom is -0.489 e. The highest BCUT2D eigenvalue weighted by molar-refractivity contribution is 5.49. The topological polar surface area (TPSA) is 51.4 Å². The van der Waals surface area contributed by atoms with Crippen LogP contribution >= 0.6 is 0 Å². The molecule has 1 fully saturated rings. The zero-order chi connectivity index (χ0) is 14.5. The molecule has 4 heteroatoms. The second-order valence-corrected chi connectivity index (χ2v) is 5.49. The van der Waals surface area contributed by atoms with Crippen LogP contribution in [0.25, 0.3) is 0 Å². The summed E-state index contributed by atoms with van der Waals surface area (Å²) in [5.74, 6) is 0.886. The van der Waals surface area contributed by atoms with Gasteiger partial charge < -0.3 is 15.4 Å². The fourth-order valence-corrected chi connectivity index (χ4v) is 2.64. The molecule has 0 saturated carbocycles. The van der Waals surface area contributed by atoms with Crippen LogP contribution in [0.4, 0.5) is 5.69 Å². The van der Waals surface area contributed by atoms with E-state index in [0.29, 0.717) is 12.6 Å². The van der Waals surface area contributed by atoms with Crippen molar-refractivity contribution in [3.63, 3.8) is 0 Å². The van der Waals surface area contributed by atoms with Crippen LogP contribution in [0.3, 0.4) is 0 Å². The van der Waals surface area contributed by atoms with Gasteiger partial charge in [-0.1, -0.05) is 0 Å². The van der Waals surface area contributed by atoms with Crippen molar-refractivity contribution in [2.45, 2.75) is 25.5 Å². The molecule has 1 aromatic heterocycles. The number of nitrogens with zero attached hydrogens (tertiary/aromatic N) is 2. The summed E-state index contributed by atoms with van der Waals surface area (Å²) in [5, 5.41) is 0. The predicted octanol–water partition coefficient (Wildman–Crippen LogP) is 2.59. The molecule has 0 amide bonds. The van der Waals surface area contributed by atoms with Crippen molar-refractivity contribution in [1.82, 2.24) is 4.98 Å². The molecule has 1 unspecified atom stereocenters. The molecule has 1 aliphatic heterocycles. The monoisotopic (exact) mass is 283 g/mol. The number of pyridine rings is 1.